The maximum absolute atomic E-state index is 6.20. The summed E-state index contributed by atoms with van der Waals surface area (Å²) in [5, 5.41) is 0. The minimum atomic E-state index is -0.115. The molecule has 0 N–H and O–H groups in total. The van der Waals surface area contributed by atoms with E-state index in [9.17, 15) is 0 Å². The van der Waals surface area contributed by atoms with Gasteiger partial charge in [0.2, 0.25) is 0 Å². The van der Waals surface area contributed by atoms with Gasteiger partial charge in [-0.05, 0) is 52.0 Å². The Balaban J connectivity index is 1.83. The van der Waals surface area contributed by atoms with Crippen LogP contribution in [-0.2, 0) is 14.2 Å². The molecule has 0 bridgehead atoms. The van der Waals surface area contributed by atoms with Crippen LogP contribution in [0.3, 0.4) is 0 Å². The average Bonchev–Trinajstić information content (AvgIpc) is 3.37. The zero-order valence-corrected chi connectivity index (χ0v) is 14.6. The molecule has 5 atom stereocenters. The van der Waals surface area contributed by atoms with Crippen molar-refractivity contribution in [2.24, 2.45) is 5.92 Å². The van der Waals surface area contributed by atoms with Gasteiger partial charge < -0.3 is 14.2 Å². The molecule has 2 aliphatic heterocycles. The van der Waals surface area contributed by atoms with Crippen molar-refractivity contribution in [1.29, 1.82) is 0 Å². The lowest BCUT2D eigenvalue weighted by Gasteiger charge is -2.40. The molecule has 0 aromatic carbocycles. The standard InChI is InChI=1S/C19H30O3/c1-6-7-14-10-11-19(12-21-19)17(16(14)20-5)18(4)15(22-18)9-8-13(2)3/h7-8,15-17H,6,9-12H2,1-5H3/b14-7-/t15-,16-,17-,18+,19+/m1/s1. The van der Waals surface area contributed by atoms with Gasteiger partial charge in [0.15, 0.2) is 0 Å². The second kappa shape index (κ2) is 5.77. The van der Waals surface area contributed by atoms with Crippen molar-refractivity contribution in [3.8, 4) is 0 Å². The van der Waals surface area contributed by atoms with Crippen LogP contribution in [0.2, 0.25) is 0 Å². The molecule has 1 aliphatic carbocycles. The number of allylic oxidation sites excluding steroid dienone is 2. The van der Waals surface area contributed by atoms with Gasteiger partial charge in [0.25, 0.3) is 0 Å². The van der Waals surface area contributed by atoms with Gasteiger partial charge in [0.1, 0.15) is 11.2 Å². The predicted octanol–water partition coefficient (Wildman–Crippen LogP) is 4.03. The molecule has 124 valence electrons. The molecule has 0 aromatic heterocycles. The highest BCUT2D eigenvalue weighted by atomic mass is 16.6. The lowest BCUT2D eigenvalue weighted by atomic mass is 9.67. The molecule has 1 spiro atoms. The van der Waals surface area contributed by atoms with E-state index in [0.717, 1.165) is 32.3 Å². The van der Waals surface area contributed by atoms with Gasteiger partial charge in [0.05, 0.1) is 24.7 Å². The number of hydrogen-bond donors (Lipinski definition) is 0. The fraction of sp³-hybridized carbons (Fsp3) is 0.789. The van der Waals surface area contributed by atoms with E-state index in [1.54, 1.807) is 0 Å². The molecule has 3 aliphatic rings. The van der Waals surface area contributed by atoms with Crippen LogP contribution in [0, 0.1) is 5.92 Å². The minimum Gasteiger partial charge on any atom is -0.377 e. The van der Waals surface area contributed by atoms with Crippen LogP contribution in [0.1, 0.15) is 53.4 Å². The van der Waals surface area contributed by atoms with Crippen molar-refractivity contribution in [3.63, 3.8) is 0 Å². The summed E-state index contributed by atoms with van der Waals surface area (Å²) in [7, 11) is 1.83. The highest BCUT2D eigenvalue weighted by Gasteiger charge is 2.71. The lowest BCUT2D eigenvalue weighted by Crippen LogP contribution is -2.49. The van der Waals surface area contributed by atoms with Gasteiger partial charge in [-0.15, -0.1) is 0 Å². The molecule has 3 fully saturated rings. The van der Waals surface area contributed by atoms with Gasteiger partial charge >= 0.3 is 0 Å². The predicted molar refractivity (Wildman–Crippen MR) is 87.9 cm³/mol. The second-order valence-corrected chi connectivity index (χ2v) is 7.48. The third-order valence-electron chi connectivity index (χ3n) is 5.64. The van der Waals surface area contributed by atoms with Gasteiger partial charge in [-0.3, -0.25) is 0 Å². The minimum absolute atomic E-state index is 0.000230. The first kappa shape index (κ1) is 16.2. The molecule has 22 heavy (non-hydrogen) atoms. The highest BCUT2D eigenvalue weighted by molar-refractivity contribution is 5.28. The van der Waals surface area contributed by atoms with E-state index in [1.165, 1.54) is 11.1 Å². The molecular weight excluding hydrogens is 276 g/mol. The second-order valence-electron chi connectivity index (χ2n) is 7.48. The fourth-order valence-corrected chi connectivity index (χ4v) is 4.32. The van der Waals surface area contributed by atoms with Crippen LogP contribution in [0.5, 0.6) is 0 Å². The molecule has 0 radical (unpaired) electrons. The van der Waals surface area contributed by atoms with Crippen LogP contribution >= 0.6 is 0 Å². The third-order valence-corrected chi connectivity index (χ3v) is 5.64. The van der Waals surface area contributed by atoms with Crippen molar-refractivity contribution in [3.05, 3.63) is 23.3 Å². The van der Waals surface area contributed by atoms with Crippen molar-refractivity contribution in [2.45, 2.75) is 76.8 Å². The number of rotatable bonds is 5. The van der Waals surface area contributed by atoms with Crippen LogP contribution in [-0.4, -0.2) is 37.1 Å². The summed E-state index contributed by atoms with van der Waals surface area (Å²) in [6.07, 6.45) is 9.32. The lowest BCUT2D eigenvalue weighted by molar-refractivity contribution is -0.0203. The molecule has 2 saturated heterocycles. The normalized spacial score (nSPS) is 45.1. The molecule has 0 aromatic rings. The Labute approximate surface area is 134 Å². The number of methoxy groups -OCH3 is 1. The monoisotopic (exact) mass is 306 g/mol. The number of ether oxygens (including phenoxy) is 3. The summed E-state index contributed by atoms with van der Waals surface area (Å²) in [5.74, 6) is 0.312. The molecule has 0 unspecified atom stereocenters. The Morgan fingerprint density at radius 1 is 1.41 bits per heavy atom. The van der Waals surface area contributed by atoms with E-state index in [4.69, 9.17) is 14.2 Å². The van der Waals surface area contributed by atoms with Gasteiger partial charge in [-0.2, -0.15) is 0 Å². The largest absolute Gasteiger partial charge is 0.377 e. The van der Waals surface area contributed by atoms with E-state index >= 15 is 0 Å². The third kappa shape index (κ3) is 2.68. The molecule has 1 saturated carbocycles. The quantitative estimate of drug-likeness (QED) is 0.568. The van der Waals surface area contributed by atoms with E-state index in [2.05, 4.69) is 39.8 Å². The number of hydrogen-bond acceptors (Lipinski definition) is 3. The topological polar surface area (TPSA) is 34.3 Å². The Kier molecular flexibility index (Phi) is 4.26. The highest BCUT2D eigenvalue weighted by Crippen LogP contribution is 2.60. The van der Waals surface area contributed by atoms with Crippen LogP contribution in [0.4, 0.5) is 0 Å². The Hall–Kier alpha value is -0.640. The fourth-order valence-electron chi connectivity index (χ4n) is 4.32. The summed E-state index contributed by atoms with van der Waals surface area (Å²) < 4.78 is 18.1. The smallest absolute Gasteiger partial charge is 0.101 e. The van der Waals surface area contributed by atoms with Gasteiger partial charge in [-0.1, -0.05) is 24.6 Å². The van der Waals surface area contributed by atoms with Crippen molar-refractivity contribution in [2.75, 3.05) is 13.7 Å². The summed E-state index contributed by atoms with van der Waals surface area (Å²) >= 11 is 0. The molecule has 2 heterocycles. The average molecular weight is 306 g/mol. The van der Waals surface area contributed by atoms with Crippen molar-refractivity contribution in [1.82, 2.24) is 0 Å². The molecular formula is C19H30O3. The molecule has 3 rings (SSSR count). The van der Waals surface area contributed by atoms with E-state index < -0.39 is 0 Å². The maximum Gasteiger partial charge on any atom is 0.101 e. The Bertz CT molecular complexity index is 485. The van der Waals surface area contributed by atoms with Crippen LogP contribution < -0.4 is 0 Å². The van der Waals surface area contributed by atoms with Crippen molar-refractivity contribution >= 4 is 0 Å². The van der Waals surface area contributed by atoms with E-state index in [1.807, 2.05) is 7.11 Å². The first-order valence-electron chi connectivity index (χ1n) is 8.63. The zero-order chi connectivity index (χ0) is 16.0. The van der Waals surface area contributed by atoms with Crippen LogP contribution in [0.25, 0.3) is 0 Å². The summed E-state index contributed by atoms with van der Waals surface area (Å²) in [5.41, 5.74) is 2.68. The molecule has 3 heteroatoms. The zero-order valence-electron chi connectivity index (χ0n) is 14.6. The first-order valence-corrected chi connectivity index (χ1v) is 8.63. The number of epoxide rings is 2. The molecule has 0 amide bonds. The SMILES string of the molecule is CC/C=C1/CC[C@]2(CO2)[C@@H]([C@@]2(C)O[C@@H]2CC=C(C)C)[C@@H]1OC. The summed E-state index contributed by atoms with van der Waals surface area (Å²) in [4.78, 5) is 0. The summed E-state index contributed by atoms with van der Waals surface area (Å²) in [6, 6.07) is 0. The van der Waals surface area contributed by atoms with Gasteiger partial charge in [0, 0.05) is 7.11 Å². The Morgan fingerprint density at radius 2 is 2.14 bits per heavy atom. The van der Waals surface area contributed by atoms with Gasteiger partial charge in [-0.25, -0.2) is 0 Å². The maximum atomic E-state index is 6.20. The van der Waals surface area contributed by atoms with E-state index in [-0.39, 0.29) is 17.3 Å². The Morgan fingerprint density at radius 3 is 2.68 bits per heavy atom. The summed E-state index contributed by atoms with van der Waals surface area (Å²) in [6.45, 7) is 9.61. The first-order chi connectivity index (χ1) is 10.5. The van der Waals surface area contributed by atoms with Crippen LogP contribution in [0.15, 0.2) is 23.3 Å². The molecule has 3 nitrogen and oxygen atoms in total. The van der Waals surface area contributed by atoms with Crippen molar-refractivity contribution < 1.29 is 14.2 Å². The van der Waals surface area contributed by atoms with E-state index in [0.29, 0.717) is 12.0 Å².